The molecule has 154 valence electrons. The molecule has 0 saturated heterocycles. The molecule has 29 heavy (non-hydrogen) atoms. The van der Waals surface area contributed by atoms with Crippen molar-refractivity contribution in [3.63, 3.8) is 0 Å². The Morgan fingerprint density at radius 1 is 0.862 bits per heavy atom. The zero-order chi connectivity index (χ0) is 22.2. The summed E-state index contributed by atoms with van der Waals surface area (Å²) in [7, 11) is -3.91. The minimum atomic E-state index is -3.91. The van der Waals surface area contributed by atoms with E-state index in [0.29, 0.717) is 16.3 Å². The Bertz CT molecular complexity index is 1050. The monoisotopic (exact) mass is 437 g/mol. The Hall–Kier alpha value is -2.94. The molecule has 0 aromatic heterocycles. The number of halogens is 1. The smallest absolute Gasteiger partial charge is 0.338 e. The van der Waals surface area contributed by atoms with Gasteiger partial charge in [0.1, 0.15) is 10.6 Å². The SMILES string of the molecule is C=C(C)C(=O)Oc1ccccc1Cl.C=C(C)C(=O)Oc1ccccc1S(N)(=O)=O. The molecule has 0 unspecified atom stereocenters. The van der Waals surface area contributed by atoms with Crippen molar-refractivity contribution in [1.29, 1.82) is 0 Å². The van der Waals surface area contributed by atoms with Crippen LogP contribution in [0.3, 0.4) is 0 Å². The fourth-order valence-corrected chi connectivity index (χ4v) is 2.50. The van der Waals surface area contributed by atoms with Crippen LogP contribution < -0.4 is 14.6 Å². The van der Waals surface area contributed by atoms with Gasteiger partial charge in [-0.2, -0.15) is 0 Å². The van der Waals surface area contributed by atoms with Crippen molar-refractivity contribution in [3.05, 3.63) is 77.9 Å². The molecule has 0 aliphatic rings. The first-order chi connectivity index (χ1) is 13.4. The first-order valence-corrected chi connectivity index (χ1v) is 9.97. The van der Waals surface area contributed by atoms with Gasteiger partial charge in [0.2, 0.25) is 10.0 Å². The van der Waals surface area contributed by atoms with E-state index in [1.165, 1.54) is 31.2 Å². The Kier molecular flexibility index (Phi) is 8.78. The lowest BCUT2D eigenvalue weighted by Crippen LogP contribution is -2.16. The minimum Gasteiger partial charge on any atom is -0.422 e. The highest BCUT2D eigenvalue weighted by atomic mass is 35.5. The summed E-state index contributed by atoms with van der Waals surface area (Å²) in [5.74, 6) is -0.903. The molecular formula is C20H20ClNO6S. The fraction of sp³-hybridized carbons (Fsp3) is 0.100. The van der Waals surface area contributed by atoms with Crippen LogP contribution in [0.15, 0.2) is 77.7 Å². The van der Waals surface area contributed by atoms with E-state index < -0.39 is 22.0 Å². The van der Waals surface area contributed by atoms with E-state index in [-0.39, 0.29) is 16.2 Å². The number of primary sulfonamides is 1. The molecule has 0 heterocycles. The van der Waals surface area contributed by atoms with E-state index in [0.717, 1.165) is 0 Å². The van der Waals surface area contributed by atoms with E-state index in [1.54, 1.807) is 31.2 Å². The quantitative estimate of drug-likeness (QED) is 0.434. The highest BCUT2D eigenvalue weighted by Gasteiger charge is 2.17. The maximum absolute atomic E-state index is 11.2. The second kappa shape index (κ2) is 10.6. The number of para-hydroxylation sites is 2. The van der Waals surface area contributed by atoms with Crippen molar-refractivity contribution >= 4 is 33.6 Å². The van der Waals surface area contributed by atoms with Gasteiger partial charge in [-0.05, 0) is 38.1 Å². The zero-order valence-corrected chi connectivity index (χ0v) is 17.4. The van der Waals surface area contributed by atoms with Crippen LogP contribution in [0.5, 0.6) is 11.5 Å². The molecule has 0 aliphatic carbocycles. The molecule has 2 aromatic carbocycles. The second-order valence-corrected chi connectivity index (χ2v) is 7.70. The van der Waals surface area contributed by atoms with Crippen LogP contribution in [-0.4, -0.2) is 20.4 Å². The summed E-state index contributed by atoms with van der Waals surface area (Å²) in [5.41, 5.74) is 0.518. The number of sulfonamides is 1. The molecule has 9 heteroatoms. The topological polar surface area (TPSA) is 113 Å². The Morgan fingerprint density at radius 3 is 1.72 bits per heavy atom. The van der Waals surface area contributed by atoms with Gasteiger partial charge >= 0.3 is 11.9 Å². The van der Waals surface area contributed by atoms with Crippen LogP contribution in [0.25, 0.3) is 0 Å². The minimum absolute atomic E-state index is 0.0991. The molecular weight excluding hydrogens is 418 g/mol. The summed E-state index contributed by atoms with van der Waals surface area (Å²) in [5, 5.41) is 5.38. The molecule has 0 spiro atoms. The predicted molar refractivity (Wildman–Crippen MR) is 110 cm³/mol. The maximum Gasteiger partial charge on any atom is 0.338 e. The normalized spacial score (nSPS) is 10.2. The Morgan fingerprint density at radius 2 is 1.28 bits per heavy atom. The summed E-state index contributed by atoms with van der Waals surface area (Å²) < 4.78 is 32.1. The van der Waals surface area contributed by atoms with Crippen molar-refractivity contribution in [3.8, 4) is 11.5 Å². The average Bonchev–Trinajstić information content (AvgIpc) is 2.63. The van der Waals surface area contributed by atoms with E-state index in [1.807, 2.05) is 0 Å². The van der Waals surface area contributed by atoms with Crippen LogP contribution in [0.2, 0.25) is 5.02 Å². The molecule has 7 nitrogen and oxygen atoms in total. The average molecular weight is 438 g/mol. The van der Waals surface area contributed by atoms with Crippen molar-refractivity contribution in [2.75, 3.05) is 0 Å². The maximum atomic E-state index is 11.2. The van der Waals surface area contributed by atoms with Crippen molar-refractivity contribution < 1.29 is 27.5 Å². The molecule has 0 bridgehead atoms. The molecule has 0 amide bonds. The molecule has 0 saturated carbocycles. The number of esters is 2. The van der Waals surface area contributed by atoms with Gasteiger partial charge in [-0.1, -0.05) is 49.0 Å². The van der Waals surface area contributed by atoms with E-state index in [4.69, 9.17) is 26.2 Å². The van der Waals surface area contributed by atoms with Crippen LogP contribution in [-0.2, 0) is 19.6 Å². The van der Waals surface area contributed by atoms with Crippen LogP contribution in [0.4, 0.5) is 0 Å². The van der Waals surface area contributed by atoms with Gasteiger partial charge < -0.3 is 9.47 Å². The number of carbonyl (C=O) groups excluding carboxylic acids is 2. The molecule has 0 atom stereocenters. The van der Waals surface area contributed by atoms with Crippen LogP contribution in [0.1, 0.15) is 13.8 Å². The van der Waals surface area contributed by atoms with Gasteiger partial charge in [-0.3, -0.25) is 0 Å². The number of hydrogen-bond acceptors (Lipinski definition) is 6. The molecule has 2 rings (SSSR count). The molecule has 2 N–H and O–H groups in total. The number of nitrogens with two attached hydrogens (primary N) is 1. The van der Waals surface area contributed by atoms with E-state index in [9.17, 15) is 18.0 Å². The van der Waals surface area contributed by atoms with E-state index in [2.05, 4.69) is 13.2 Å². The van der Waals surface area contributed by atoms with Crippen LogP contribution >= 0.6 is 11.6 Å². The zero-order valence-electron chi connectivity index (χ0n) is 15.8. The van der Waals surface area contributed by atoms with Gasteiger partial charge in [0, 0.05) is 11.1 Å². The fourth-order valence-electron chi connectivity index (χ4n) is 1.67. The Balaban J connectivity index is 0.000000296. The first-order valence-electron chi connectivity index (χ1n) is 8.05. The summed E-state index contributed by atoms with van der Waals surface area (Å²) >= 11 is 5.77. The lowest BCUT2D eigenvalue weighted by Gasteiger charge is -2.07. The van der Waals surface area contributed by atoms with Gasteiger partial charge in [-0.25, -0.2) is 23.1 Å². The number of hydrogen-bond donors (Lipinski definition) is 1. The summed E-state index contributed by atoms with van der Waals surface area (Å²) in [6, 6.07) is 12.4. The predicted octanol–water partition coefficient (Wildman–Crippen LogP) is 3.64. The van der Waals surface area contributed by atoms with Crippen molar-refractivity contribution in [2.24, 2.45) is 5.14 Å². The van der Waals surface area contributed by atoms with Gasteiger partial charge in [-0.15, -0.1) is 0 Å². The standard InChI is InChI=1S/C10H9ClO2.C10H11NO4S/c1-7(2)10(12)13-9-6-4-3-5-8(9)11;1-7(2)10(12)15-8-5-3-4-6-9(8)16(11,13)14/h3-6H,1H2,2H3;3-6H,1H2,2H3,(H2,11,13,14). The number of ether oxygens (including phenoxy) is 2. The third kappa shape index (κ3) is 7.90. The molecule has 2 aromatic rings. The first kappa shape index (κ1) is 24.1. The highest BCUT2D eigenvalue weighted by molar-refractivity contribution is 7.89. The van der Waals surface area contributed by atoms with Gasteiger partial charge in [0.25, 0.3) is 0 Å². The lowest BCUT2D eigenvalue weighted by atomic mass is 10.3. The van der Waals surface area contributed by atoms with Crippen LogP contribution in [0, 0.1) is 0 Å². The highest BCUT2D eigenvalue weighted by Crippen LogP contribution is 2.24. The molecule has 0 fully saturated rings. The van der Waals surface area contributed by atoms with Gasteiger partial charge in [0.15, 0.2) is 5.75 Å². The number of carbonyl (C=O) groups is 2. The third-order valence-electron chi connectivity index (χ3n) is 3.09. The summed E-state index contributed by atoms with van der Waals surface area (Å²) in [6.45, 7) is 9.89. The summed E-state index contributed by atoms with van der Waals surface area (Å²) in [4.78, 5) is 22.1. The van der Waals surface area contributed by atoms with Crippen molar-refractivity contribution in [2.45, 2.75) is 18.7 Å². The molecule has 0 radical (unpaired) electrons. The number of rotatable bonds is 5. The Labute approximate surface area is 174 Å². The largest absolute Gasteiger partial charge is 0.422 e. The van der Waals surface area contributed by atoms with Gasteiger partial charge in [0.05, 0.1) is 5.02 Å². The van der Waals surface area contributed by atoms with E-state index >= 15 is 0 Å². The molecule has 0 aliphatic heterocycles. The van der Waals surface area contributed by atoms with Crippen molar-refractivity contribution in [1.82, 2.24) is 0 Å². The summed E-state index contributed by atoms with van der Waals surface area (Å²) in [6.07, 6.45) is 0. The second-order valence-electron chi connectivity index (χ2n) is 5.76. The lowest BCUT2D eigenvalue weighted by molar-refractivity contribution is -0.131. The number of benzene rings is 2. The third-order valence-corrected chi connectivity index (χ3v) is 4.36.